The van der Waals surface area contributed by atoms with Gasteiger partial charge in [-0.2, -0.15) is 0 Å². The molecule has 0 saturated heterocycles. The number of aliphatic hydroxyl groups is 1. The summed E-state index contributed by atoms with van der Waals surface area (Å²) in [5.41, 5.74) is 3.46. The van der Waals surface area contributed by atoms with Gasteiger partial charge >= 0.3 is 0 Å². The second-order valence-corrected chi connectivity index (χ2v) is 5.65. The summed E-state index contributed by atoms with van der Waals surface area (Å²) in [7, 11) is 0. The molecule has 24 heavy (non-hydrogen) atoms. The SMILES string of the molecule is CCNC(=NCC(O)c1ccccc1)N1CCc2ccccc21.I. The predicted molar refractivity (Wildman–Crippen MR) is 110 cm³/mol. The van der Waals surface area contributed by atoms with Gasteiger partial charge in [0.1, 0.15) is 0 Å². The van der Waals surface area contributed by atoms with E-state index < -0.39 is 6.10 Å². The van der Waals surface area contributed by atoms with Gasteiger partial charge < -0.3 is 15.3 Å². The van der Waals surface area contributed by atoms with Gasteiger partial charge in [-0.15, -0.1) is 24.0 Å². The van der Waals surface area contributed by atoms with Crippen molar-refractivity contribution < 1.29 is 5.11 Å². The number of hydrogen-bond acceptors (Lipinski definition) is 2. The Morgan fingerprint density at radius 2 is 1.88 bits per heavy atom. The third-order valence-corrected chi connectivity index (χ3v) is 4.08. The van der Waals surface area contributed by atoms with Crippen molar-refractivity contribution in [2.75, 3.05) is 24.5 Å². The molecule has 0 radical (unpaired) electrons. The molecule has 0 spiro atoms. The van der Waals surface area contributed by atoms with Gasteiger partial charge in [0, 0.05) is 18.8 Å². The molecule has 0 saturated carbocycles. The maximum atomic E-state index is 10.3. The molecule has 5 heteroatoms. The summed E-state index contributed by atoms with van der Waals surface area (Å²) in [6.07, 6.45) is 0.449. The molecule has 0 aromatic heterocycles. The van der Waals surface area contributed by atoms with Crippen LogP contribution in [0.4, 0.5) is 5.69 Å². The van der Waals surface area contributed by atoms with Crippen molar-refractivity contribution in [2.24, 2.45) is 4.99 Å². The van der Waals surface area contributed by atoms with Crippen LogP contribution in [-0.4, -0.2) is 30.7 Å². The quantitative estimate of drug-likeness (QED) is 0.438. The van der Waals surface area contributed by atoms with Gasteiger partial charge in [-0.3, -0.25) is 0 Å². The number of hydrogen-bond donors (Lipinski definition) is 2. The van der Waals surface area contributed by atoms with Crippen LogP contribution in [0.2, 0.25) is 0 Å². The fourth-order valence-corrected chi connectivity index (χ4v) is 2.91. The highest BCUT2D eigenvalue weighted by Gasteiger charge is 2.22. The van der Waals surface area contributed by atoms with E-state index in [-0.39, 0.29) is 24.0 Å². The van der Waals surface area contributed by atoms with Crippen LogP contribution in [0.15, 0.2) is 59.6 Å². The van der Waals surface area contributed by atoms with Crippen LogP contribution in [0.1, 0.15) is 24.2 Å². The molecule has 3 rings (SSSR count). The fourth-order valence-electron chi connectivity index (χ4n) is 2.91. The average Bonchev–Trinajstić information content (AvgIpc) is 3.03. The number of aliphatic hydroxyl groups excluding tert-OH is 1. The fraction of sp³-hybridized carbons (Fsp3) is 0.316. The van der Waals surface area contributed by atoms with Gasteiger partial charge in [0.2, 0.25) is 0 Å². The number of benzene rings is 2. The molecular formula is C19H24IN3O. The van der Waals surface area contributed by atoms with Gasteiger partial charge in [0.05, 0.1) is 12.6 Å². The van der Waals surface area contributed by atoms with Crippen LogP contribution in [-0.2, 0) is 6.42 Å². The second kappa shape index (κ2) is 9.03. The molecule has 0 fully saturated rings. The first-order valence-corrected chi connectivity index (χ1v) is 8.16. The van der Waals surface area contributed by atoms with E-state index in [0.29, 0.717) is 6.54 Å². The molecule has 0 amide bonds. The van der Waals surface area contributed by atoms with Crippen molar-refractivity contribution >= 4 is 35.6 Å². The average molecular weight is 437 g/mol. The lowest BCUT2D eigenvalue weighted by atomic mass is 10.1. The number of rotatable bonds is 4. The summed E-state index contributed by atoms with van der Waals surface area (Å²) in [6, 6.07) is 18.1. The van der Waals surface area contributed by atoms with Crippen LogP contribution in [0.3, 0.4) is 0 Å². The normalized spacial score (nSPS) is 14.8. The molecule has 2 aromatic rings. The molecule has 0 bridgehead atoms. The molecule has 2 N–H and O–H groups in total. The molecule has 1 aliphatic heterocycles. The third kappa shape index (κ3) is 4.27. The number of nitrogens with zero attached hydrogens (tertiary/aromatic N) is 2. The first-order chi connectivity index (χ1) is 11.3. The summed E-state index contributed by atoms with van der Waals surface area (Å²) in [4.78, 5) is 6.86. The Hall–Kier alpha value is -1.60. The summed E-state index contributed by atoms with van der Waals surface area (Å²) in [5, 5.41) is 13.7. The maximum Gasteiger partial charge on any atom is 0.198 e. The number of halogens is 1. The predicted octanol–water partition coefficient (Wildman–Crippen LogP) is 3.37. The van der Waals surface area contributed by atoms with E-state index in [1.165, 1.54) is 11.3 Å². The minimum atomic E-state index is -0.581. The van der Waals surface area contributed by atoms with E-state index in [1.807, 2.05) is 30.3 Å². The molecule has 1 atom stereocenters. The van der Waals surface area contributed by atoms with E-state index >= 15 is 0 Å². The van der Waals surface area contributed by atoms with Crippen molar-refractivity contribution in [1.82, 2.24) is 5.32 Å². The topological polar surface area (TPSA) is 47.9 Å². The first kappa shape index (κ1) is 18.7. The Kier molecular flexibility index (Phi) is 7.05. The molecule has 0 aliphatic carbocycles. The molecule has 1 aliphatic rings. The Morgan fingerprint density at radius 1 is 1.17 bits per heavy atom. The van der Waals surface area contributed by atoms with E-state index in [2.05, 4.69) is 46.4 Å². The third-order valence-electron chi connectivity index (χ3n) is 4.08. The van der Waals surface area contributed by atoms with Crippen LogP contribution in [0, 0.1) is 0 Å². The standard InChI is InChI=1S/C19H23N3O.HI/c1-2-20-19(21-14-18(23)16-9-4-3-5-10-16)22-13-12-15-8-6-7-11-17(15)22;/h3-11,18,23H,2,12-14H2,1H3,(H,20,21);1H. The van der Waals surface area contributed by atoms with Gasteiger partial charge in [-0.1, -0.05) is 48.5 Å². The highest BCUT2D eigenvalue weighted by Crippen LogP contribution is 2.27. The number of anilines is 1. The zero-order valence-corrected chi connectivity index (χ0v) is 16.2. The van der Waals surface area contributed by atoms with Crippen LogP contribution >= 0.6 is 24.0 Å². The Morgan fingerprint density at radius 3 is 2.62 bits per heavy atom. The van der Waals surface area contributed by atoms with Crippen molar-refractivity contribution in [2.45, 2.75) is 19.4 Å². The number of fused-ring (bicyclic) bond motifs is 1. The Bertz CT molecular complexity index is 675. The number of nitrogens with one attached hydrogen (secondary N) is 1. The van der Waals surface area contributed by atoms with Gasteiger partial charge in [-0.05, 0) is 30.5 Å². The minimum Gasteiger partial charge on any atom is -0.386 e. The van der Waals surface area contributed by atoms with Gasteiger partial charge in [-0.25, -0.2) is 4.99 Å². The summed E-state index contributed by atoms with van der Waals surface area (Å²) >= 11 is 0. The largest absolute Gasteiger partial charge is 0.386 e. The van der Waals surface area contributed by atoms with Crippen LogP contribution < -0.4 is 10.2 Å². The Balaban J connectivity index is 0.00000208. The van der Waals surface area contributed by atoms with E-state index in [1.54, 1.807) is 0 Å². The van der Waals surface area contributed by atoms with Crippen molar-refractivity contribution in [3.8, 4) is 0 Å². The van der Waals surface area contributed by atoms with E-state index in [9.17, 15) is 5.11 Å². The van der Waals surface area contributed by atoms with Crippen LogP contribution in [0.25, 0.3) is 0 Å². The zero-order valence-electron chi connectivity index (χ0n) is 13.9. The van der Waals surface area contributed by atoms with E-state index in [0.717, 1.165) is 31.0 Å². The number of guanidine groups is 1. The van der Waals surface area contributed by atoms with Crippen molar-refractivity contribution in [3.05, 3.63) is 65.7 Å². The summed E-state index contributed by atoms with van der Waals surface area (Å²) in [5.74, 6) is 0.840. The lowest BCUT2D eigenvalue weighted by Crippen LogP contribution is -2.40. The van der Waals surface area contributed by atoms with Crippen molar-refractivity contribution in [3.63, 3.8) is 0 Å². The zero-order chi connectivity index (χ0) is 16.1. The first-order valence-electron chi connectivity index (χ1n) is 8.16. The molecule has 4 nitrogen and oxygen atoms in total. The number of aliphatic imine (C=N–C) groups is 1. The minimum absolute atomic E-state index is 0. The maximum absolute atomic E-state index is 10.3. The lowest BCUT2D eigenvalue weighted by molar-refractivity contribution is 0.187. The molecule has 128 valence electrons. The lowest BCUT2D eigenvalue weighted by Gasteiger charge is -2.22. The molecule has 1 heterocycles. The van der Waals surface area contributed by atoms with Crippen LogP contribution in [0.5, 0.6) is 0 Å². The number of para-hydroxylation sites is 1. The highest BCUT2D eigenvalue weighted by atomic mass is 127. The molecule has 2 aromatic carbocycles. The van der Waals surface area contributed by atoms with Crippen molar-refractivity contribution in [1.29, 1.82) is 0 Å². The Labute approximate surface area is 160 Å². The monoisotopic (exact) mass is 437 g/mol. The molecular weight excluding hydrogens is 413 g/mol. The highest BCUT2D eigenvalue weighted by molar-refractivity contribution is 14.0. The smallest absolute Gasteiger partial charge is 0.198 e. The summed E-state index contributed by atoms with van der Waals surface area (Å²) in [6.45, 7) is 4.14. The summed E-state index contributed by atoms with van der Waals surface area (Å²) < 4.78 is 0. The van der Waals surface area contributed by atoms with Gasteiger partial charge in [0.15, 0.2) is 5.96 Å². The molecule has 1 unspecified atom stereocenters. The van der Waals surface area contributed by atoms with Gasteiger partial charge in [0.25, 0.3) is 0 Å². The van der Waals surface area contributed by atoms with E-state index in [4.69, 9.17) is 0 Å². The second-order valence-electron chi connectivity index (χ2n) is 5.65.